The number of hydrogen-bond donors (Lipinski definition) is 1. The van der Waals surface area contributed by atoms with Gasteiger partial charge >= 0.3 is 0 Å². The quantitative estimate of drug-likeness (QED) is 0.919. The molecular formula is C11H14ClNO3S. The Hall–Kier alpha value is -1.07. The molecule has 1 aromatic carbocycles. The summed E-state index contributed by atoms with van der Waals surface area (Å²) >= 11 is 5.94. The molecule has 0 heterocycles. The number of carbonyl (C=O) groups excluding carboxylic acids is 1. The van der Waals surface area contributed by atoms with E-state index in [-0.39, 0.29) is 10.6 Å². The first-order valence-electron chi connectivity index (χ1n) is 5.06. The zero-order valence-electron chi connectivity index (χ0n) is 9.82. The van der Waals surface area contributed by atoms with Crippen LogP contribution in [-0.4, -0.2) is 19.6 Å². The summed E-state index contributed by atoms with van der Waals surface area (Å²) in [5.41, 5.74) is 0.886. The van der Waals surface area contributed by atoms with Gasteiger partial charge < -0.3 is 0 Å². The number of sulfonamides is 1. The summed E-state index contributed by atoms with van der Waals surface area (Å²) in [5.74, 6) is -0.701. The van der Waals surface area contributed by atoms with E-state index in [4.69, 9.17) is 11.6 Å². The van der Waals surface area contributed by atoms with Crippen molar-refractivity contribution in [3.05, 3.63) is 34.3 Å². The van der Waals surface area contributed by atoms with Crippen molar-refractivity contribution in [2.45, 2.75) is 26.0 Å². The van der Waals surface area contributed by atoms with Gasteiger partial charge in [-0.1, -0.05) is 23.7 Å². The van der Waals surface area contributed by atoms with Crippen LogP contribution in [0.4, 0.5) is 0 Å². The molecule has 0 saturated heterocycles. The van der Waals surface area contributed by atoms with Crippen LogP contribution in [0, 0.1) is 6.92 Å². The molecule has 0 saturated carbocycles. The smallest absolute Gasteiger partial charge is 0.266 e. The van der Waals surface area contributed by atoms with E-state index in [0.29, 0.717) is 0 Å². The third kappa shape index (κ3) is 3.20. The number of hydrogen-bond acceptors (Lipinski definition) is 3. The lowest BCUT2D eigenvalue weighted by Crippen LogP contribution is -2.35. The second-order valence-electron chi connectivity index (χ2n) is 3.96. The van der Waals surface area contributed by atoms with Gasteiger partial charge in [-0.05, 0) is 32.4 Å². The number of benzene rings is 1. The van der Waals surface area contributed by atoms with Gasteiger partial charge in [-0.3, -0.25) is 4.79 Å². The van der Waals surface area contributed by atoms with Gasteiger partial charge in [0.1, 0.15) is 0 Å². The second kappa shape index (κ2) is 5.06. The van der Waals surface area contributed by atoms with Crippen molar-refractivity contribution in [1.29, 1.82) is 0 Å². The van der Waals surface area contributed by atoms with Gasteiger partial charge in [0, 0.05) is 0 Å². The standard InChI is InChI=1S/C11H14ClNO3S/c1-7(2)17(15,16)13-11(14)9-6-4-5-8(3)10(9)12/h4-7H,1-3H3,(H,13,14). The number of halogens is 1. The van der Waals surface area contributed by atoms with Crippen LogP contribution in [0.5, 0.6) is 0 Å². The monoisotopic (exact) mass is 275 g/mol. The van der Waals surface area contributed by atoms with E-state index in [1.54, 1.807) is 19.1 Å². The Morgan fingerprint density at radius 2 is 1.94 bits per heavy atom. The topological polar surface area (TPSA) is 63.2 Å². The minimum absolute atomic E-state index is 0.163. The summed E-state index contributed by atoms with van der Waals surface area (Å²) in [6.07, 6.45) is 0. The Morgan fingerprint density at radius 1 is 1.35 bits per heavy atom. The minimum Gasteiger partial charge on any atom is -0.268 e. The molecule has 1 N–H and O–H groups in total. The van der Waals surface area contributed by atoms with Crippen LogP contribution in [-0.2, 0) is 10.0 Å². The van der Waals surface area contributed by atoms with Crippen molar-refractivity contribution < 1.29 is 13.2 Å². The van der Waals surface area contributed by atoms with Gasteiger partial charge in [0.25, 0.3) is 5.91 Å². The third-order valence-electron chi connectivity index (χ3n) is 2.29. The van der Waals surface area contributed by atoms with Crippen LogP contribution in [0.2, 0.25) is 5.02 Å². The molecule has 0 atom stereocenters. The van der Waals surface area contributed by atoms with Gasteiger partial charge in [0.05, 0.1) is 15.8 Å². The molecule has 17 heavy (non-hydrogen) atoms. The SMILES string of the molecule is Cc1cccc(C(=O)NS(=O)(=O)C(C)C)c1Cl. The summed E-state index contributed by atoms with van der Waals surface area (Å²) in [7, 11) is -3.63. The highest BCUT2D eigenvalue weighted by Gasteiger charge is 2.21. The first-order chi connectivity index (χ1) is 7.75. The Labute approximate surface area is 106 Å². The van der Waals surface area contributed by atoms with Crippen molar-refractivity contribution in [2.75, 3.05) is 0 Å². The van der Waals surface area contributed by atoms with E-state index in [0.717, 1.165) is 5.56 Å². The maximum atomic E-state index is 11.8. The first-order valence-corrected chi connectivity index (χ1v) is 6.99. The van der Waals surface area contributed by atoms with Crippen molar-refractivity contribution in [3.63, 3.8) is 0 Å². The molecule has 0 spiro atoms. The van der Waals surface area contributed by atoms with Gasteiger partial charge in [-0.15, -0.1) is 0 Å². The molecule has 0 radical (unpaired) electrons. The van der Waals surface area contributed by atoms with Crippen molar-refractivity contribution in [2.24, 2.45) is 0 Å². The number of carbonyl (C=O) groups is 1. The van der Waals surface area contributed by atoms with E-state index in [1.807, 2.05) is 4.72 Å². The fourth-order valence-corrected chi connectivity index (χ4v) is 1.94. The molecule has 0 aliphatic rings. The predicted molar refractivity (Wildman–Crippen MR) is 67.7 cm³/mol. The molecule has 0 fully saturated rings. The fourth-order valence-electron chi connectivity index (χ4n) is 1.12. The van der Waals surface area contributed by atoms with Crippen molar-refractivity contribution in [3.8, 4) is 0 Å². The van der Waals surface area contributed by atoms with Crippen LogP contribution in [0.1, 0.15) is 29.8 Å². The average molecular weight is 276 g/mol. The number of amides is 1. The summed E-state index contributed by atoms with van der Waals surface area (Å²) in [6.45, 7) is 4.73. The summed E-state index contributed by atoms with van der Waals surface area (Å²) in [6, 6.07) is 4.88. The van der Waals surface area contributed by atoms with Gasteiger partial charge in [-0.2, -0.15) is 0 Å². The summed E-state index contributed by atoms with van der Waals surface area (Å²) < 4.78 is 25.1. The van der Waals surface area contributed by atoms with Crippen molar-refractivity contribution >= 4 is 27.5 Å². The lowest BCUT2D eigenvalue weighted by atomic mass is 10.1. The molecule has 1 rings (SSSR count). The normalized spacial score (nSPS) is 11.6. The molecule has 0 aliphatic heterocycles. The molecule has 0 unspecified atom stereocenters. The lowest BCUT2D eigenvalue weighted by Gasteiger charge is -2.11. The average Bonchev–Trinajstić information content (AvgIpc) is 2.21. The molecular weight excluding hydrogens is 262 g/mol. The molecule has 0 aromatic heterocycles. The van der Waals surface area contributed by atoms with E-state index < -0.39 is 21.2 Å². The maximum absolute atomic E-state index is 11.8. The number of nitrogens with one attached hydrogen (secondary N) is 1. The summed E-state index contributed by atoms with van der Waals surface area (Å²) in [4.78, 5) is 11.8. The Morgan fingerprint density at radius 3 is 2.47 bits per heavy atom. The number of rotatable bonds is 3. The predicted octanol–water partition coefficient (Wildman–Crippen LogP) is 2.12. The van der Waals surface area contributed by atoms with E-state index in [1.165, 1.54) is 19.9 Å². The van der Waals surface area contributed by atoms with Gasteiger partial charge in [-0.25, -0.2) is 13.1 Å². The van der Waals surface area contributed by atoms with Crippen LogP contribution in [0.3, 0.4) is 0 Å². The largest absolute Gasteiger partial charge is 0.268 e. The Balaban J connectivity index is 3.04. The zero-order valence-corrected chi connectivity index (χ0v) is 11.4. The molecule has 1 amide bonds. The van der Waals surface area contributed by atoms with Gasteiger partial charge in [0.2, 0.25) is 10.0 Å². The minimum atomic E-state index is -3.63. The molecule has 94 valence electrons. The Bertz CT molecular complexity index is 538. The molecule has 4 nitrogen and oxygen atoms in total. The highest BCUT2D eigenvalue weighted by molar-refractivity contribution is 7.90. The van der Waals surface area contributed by atoms with Crippen LogP contribution in [0.15, 0.2) is 18.2 Å². The summed E-state index contributed by atoms with van der Waals surface area (Å²) in [5, 5.41) is -0.404. The maximum Gasteiger partial charge on any atom is 0.266 e. The molecule has 6 heteroatoms. The van der Waals surface area contributed by atoms with Crippen LogP contribution < -0.4 is 4.72 Å². The Kier molecular flexibility index (Phi) is 4.16. The first kappa shape index (κ1) is 14.0. The van der Waals surface area contributed by atoms with E-state index >= 15 is 0 Å². The zero-order chi connectivity index (χ0) is 13.2. The third-order valence-corrected chi connectivity index (χ3v) is 4.50. The molecule has 1 aromatic rings. The van der Waals surface area contributed by atoms with E-state index in [9.17, 15) is 13.2 Å². The van der Waals surface area contributed by atoms with Crippen LogP contribution in [0.25, 0.3) is 0 Å². The lowest BCUT2D eigenvalue weighted by molar-refractivity contribution is 0.0981. The highest BCUT2D eigenvalue weighted by atomic mass is 35.5. The van der Waals surface area contributed by atoms with Gasteiger partial charge in [0.15, 0.2) is 0 Å². The second-order valence-corrected chi connectivity index (χ2v) is 6.58. The van der Waals surface area contributed by atoms with Crippen LogP contribution >= 0.6 is 11.6 Å². The number of aryl methyl sites for hydroxylation is 1. The fraction of sp³-hybridized carbons (Fsp3) is 0.364. The van der Waals surface area contributed by atoms with Crippen molar-refractivity contribution in [1.82, 2.24) is 4.72 Å². The molecule has 0 aliphatic carbocycles. The molecule has 0 bridgehead atoms. The highest BCUT2D eigenvalue weighted by Crippen LogP contribution is 2.20. The van der Waals surface area contributed by atoms with E-state index in [2.05, 4.69) is 0 Å².